The predicted molar refractivity (Wildman–Crippen MR) is 55.7 cm³/mol. The second-order valence-electron chi connectivity index (χ2n) is 4.16. The van der Waals surface area contributed by atoms with Gasteiger partial charge in [-0.15, -0.1) is 0 Å². The minimum absolute atomic E-state index is 0.609. The lowest BCUT2D eigenvalue weighted by atomic mass is 10.1. The van der Waals surface area contributed by atoms with E-state index in [-0.39, 0.29) is 0 Å². The lowest BCUT2D eigenvalue weighted by molar-refractivity contribution is 0.484. The summed E-state index contributed by atoms with van der Waals surface area (Å²) in [5.41, 5.74) is 1.07. The summed E-state index contributed by atoms with van der Waals surface area (Å²) in [6, 6.07) is 2.56. The highest BCUT2D eigenvalue weighted by atomic mass is 14.9. The molecule has 1 aromatic heterocycles. The van der Waals surface area contributed by atoms with Gasteiger partial charge in [-0.1, -0.05) is 12.8 Å². The van der Waals surface area contributed by atoms with Crippen LogP contribution in [-0.2, 0) is 6.54 Å². The molecule has 1 N–H and O–H groups in total. The topological polar surface area (TPSA) is 37.8 Å². The fourth-order valence-corrected chi connectivity index (χ4v) is 1.64. The Balaban J connectivity index is 1.70. The molecule has 0 radical (unpaired) electrons. The first-order valence-electron chi connectivity index (χ1n) is 5.33. The zero-order chi connectivity index (χ0) is 9.80. The van der Waals surface area contributed by atoms with Gasteiger partial charge < -0.3 is 5.32 Å². The van der Waals surface area contributed by atoms with Crippen LogP contribution < -0.4 is 5.32 Å². The summed E-state index contributed by atoms with van der Waals surface area (Å²) in [4.78, 5) is 8.06. The molecular weight excluding hydrogens is 174 g/mol. The minimum atomic E-state index is 0.609. The summed E-state index contributed by atoms with van der Waals surface area (Å²) in [7, 11) is 0. The second kappa shape index (κ2) is 4.51. The van der Waals surface area contributed by atoms with Crippen LogP contribution in [0.3, 0.4) is 0 Å². The number of aromatic nitrogens is 2. The molecule has 1 heterocycles. The molecule has 1 aliphatic carbocycles. The molecule has 1 unspecified atom stereocenters. The first-order valence-corrected chi connectivity index (χ1v) is 5.33. The van der Waals surface area contributed by atoms with Crippen LogP contribution in [0.2, 0.25) is 0 Å². The van der Waals surface area contributed by atoms with Crippen molar-refractivity contribution < 1.29 is 0 Å². The molecule has 3 heteroatoms. The van der Waals surface area contributed by atoms with Crippen molar-refractivity contribution in [1.29, 1.82) is 0 Å². The maximum Gasteiger partial charge on any atom is 0.115 e. The van der Waals surface area contributed by atoms with Crippen LogP contribution in [0.15, 0.2) is 18.6 Å². The summed E-state index contributed by atoms with van der Waals surface area (Å²) in [6.07, 6.45) is 7.56. The van der Waals surface area contributed by atoms with Crippen molar-refractivity contribution in [3.8, 4) is 0 Å². The van der Waals surface area contributed by atoms with E-state index in [2.05, 4.69) is 22.2 Å². The average molecular weight is 191 g/mol. The lowest BCUT2D eigenvalue weighted by Gasteiger charge is -2.12. The molecule has 0 aromatic carbocycles. The van der Waals surface area contributed by atoms with Gasteiger partial charge in [0.05, 0.1) is 5.69 Å². The summed E-state index contributed by atoms with van der Waals surface area (Å²) >= 11 is 0. The van der Waals surface area contributed by atoms with E-state index in [1.54, 1.807) is 12.5 Å². The van der Waals surface area contributed by atoms with Gasteiger partial charge in [0.15, 0.2) is 0 Å². The molecule has 1 aliphatic rings. The van der Waals surface area contributed by atoms with Crippen LogP contribution >= 0.6 is 0 Å². The Morgan fingerprint density at radius 3 is 3.07 bits per heavy atom. The van der Waals surface area contributed by atoms with Gasteiger partial charge in [0.25, 0.3) is 0 Å². The van der Waals surface area contributed by atoms with E-state index in [9.17, 15) is 0 Å². The fourth-order valence-electron chi connectivity index (χ4n) is 1.64. The highest BCUT2D eigenvalue weighted by Gasteiger charge is 2.23. The number of nitrogens with zero attached hydrogens (tertiary/aromatic N) is 2. The molecule has 2 rings (SSSR count). The zero-order valence-corrected chi connectivity index (χ0v) is 8.61. The highest BCUT2D eigenvalue weighted by molar-refractivity contribution is 4.97. The van der Waals surface area contributed by atoms with E-state index >= 15 is 0 Å². The van der Waals surface area contributed by atoms with Gasteiger partial charge in [-0.05, 0) is 25.3 Å². The number of hydrogen-bond donors (Lipinski definition) is 1. The molecule has 76 valence electrons. The second-order valence-corrected chi connectivity index (χ2v) is 4.16. The number of rotatable bonds is 5. The Kier molecular flexibility index (Phi) is 3.09. The molecule has 1 fully saturated rings. The van der Waals surface area contributed by atoms with Crippen molar-refractivity contribution in [3.05, 3.63) is 24.3 Å². The van der Waals surface area contributed by atoms with Crippen LogP contribution in [0.25, 0.3) is 0 Å². The smallest absolute Gasteiger partial charge is 0.115 e. The van der Waals surface area contributed by atoms with Crippen molar-refractivity contribution in [2.45, 2.75) is 38.8 Å². The summed E-state index contributed by atoms with van der Waals surface area (Å²) in [5, 5.41) is 3.48. The van der Waals surface area contributed by atoms with Gasteiger partial charge in [0, 0.05) is 18.8 Å². The van der Waals surface area contributed by atoms with Gasteiger partial charge in [-0.3, -0.25) is 0 Å². The van der Waals surface area contributed by atoms with Gasteiger partial charge in [-0.2, -0.15) is 0 Å². The molecule has 1 aromatic rings. The van der Waals surface area contributed by atoms with Gasteiger partial charge in [0.1, 0.15) is 6.33 Å². The van der Waals surface area contributed by atoms with E-state index < -0.39 is 0 Å². The normalized spacial score (nSPS) is 18.1. The third-order valence-corrected chi connectivity index (χ3v) is 2.66. The third kappa shape index (κ3) is 3.07. The van der Waals surface area contributed by atoms with Crippen molar-refractivity contribution in [2.24, 2.45) is 5.92 Å². The molecule has 1 atom stereocenters. The SMILES string of the molecule is CC(CC1CC1)NCc1ccncn1. The standard InChI is InChI=1S/C11H17N3/c1-9(6-10-2-3-10)13-7-11-4-5-12-8-14-11/h4-5,8-10,13H,2-3,6-7H2,1H3. The molecule has 0 saturated heterocycles. The van der Waals surface area contributed by atoms with Gasteiger partial charge >= 0.3 is 0 Å². The molecule has 0 amide bonds. The average Bonchev–Trinajstić information content (AvgIpc) is 3.00. The van der Waals surface area contributed by atoms with Gasteiger partial charge in [-0.25, -0.2) is 9.97 Å². The molecule has 1 saturated carbocycles. The largest absolute Gasteiger partial charge is 0.309 e. The molecule has 3 nitrogen and oxygen atoms in total. The van der Waals surface area contributed by atoms with E-state index in [4.69, 9.17) is 0 Å². The maximum absolute atomic E-state index is 4.17. The first-order chi connectivity index (χ1) is 6.84. The molecular formula is C11H17N3. The Morgan fingerprint density at radius 2 is 2.43 bits per heavy atom. The fraction of sp³-hybridized carbons (Fsp3) is 0.636. The summed E-state index contributed by atoms with van der Waals surface area (Å²) in [6.45, 7) is 3.11. The molecule has 0 bridgehead atoms. The van der Waals surface area contributed by atoms with E-state index in [0.29, 0.717) is 6.04 Å². The lowest BCUT2D eigenvalue weighted by Crippen LogP contribution is -2.26. The number of hydrogen-bond acceptors (Lipinski definition) is 3. The van der Waals surface area contributed by atoms with Crippen molar-refractivity contribution >= 4 is 0 Å². The Bertz CT molecular complexity index is 269. The Morgan fingerprint density at radius 1 is 1.57 bits per heavy atom. The monoisotopic (exact) mass is 191 g/mol. The van der Waals surface area contributed by atoms with E-state index in [1.165, 1.54) is 19.3 Å². The molecule has 0 spiro atoms. The Hall–Kier alpha value is -0.960. The Labute approximate surface area is 85.0 Å². The van der Waals surface area contributed by atoms with Crippen molar-refractivity contribution in [3.63, 3.8) is 0 Å². The van der Waals surface area contributed by atoms with Gasteiger partial charge in [0.2, 0.25) is 0 Å². The van der Waals surface area contributed by atoms with Crippen LogP contribution in [0.4, 0.5) is 0 Å². The first kappa shape index (κ1) is 9.59. The van der Waals surface area contributed by atoms with Crippen molar-refractivity contribution in [2.75, 3.05) is 0 Å². The quantitative estimate of drug-likeness (QED) is 0.770. The third-order valence-electron chi connectivity index (χ3n) is 2.66. The van der Waals surface area contributed by atoms with Crippen LogP contribution in [0.5, 0.6) is 0 Å². The van der Waals surface area contributed by atoms with Crippen molar-refractivity contribution in [1.82, 2.24) is 15.3 Å². The molecule has 14 heavy (non-hydrogen) atoms. The summed E-state index contributed by atoms with van der Waals surface area (Å²) < 4.78 is 0. The van der Waals surface area contributed by atoms with Crippen LogP contribution in [-0.4, -0.2) is 16.0 Å². The zero-order valence-electron chi connectivity index (χ0n) is 8.61. The van der Waals surface area contributed by atoms with E-state index in [0.717, 1.165) is 18.2 Å². The highest BCUT2D eigenvalue weighted by Crippen LogP contribution is 2.33. The molecule has 0 aliphatic heterocycles. The predicted octanol–water partition coefficient (Wildman–Crippen LogP) is 1.75. The van der Waals surface area contributed by atoms with Crippen LogP contribution in [0, 0.1) is 5.92 Å². The van der Waals surface area contributed by atoms with Crippen LogP contribution in [0.1, 0.15) is 31.9 Å². The number of nitrogens with one attached hydrogen (secondary N) is 1. The minimum Gasteiger partial charge on any atom is -0.309 e. The summed E-state index contributed by atoms with van der Waals surface area (Å²) in [5.74, 6) is 0.989. The van der Waals surface area contributed by atoms with E-state index in [1.807, 2.05) is 6.07 Å². The maximum atomic E-state index is 4.17.